The summed E-state index contributed by atoms with van der Waals surface area (Å²) < 4.78 is 0. The van der Waals surface area contributed by atoms with Crippen LogP contribution in [-0.2, 0) is 13.1 Å². The zero-order valence-corrected chi connectivity index (χ0v) is 13.1. The molecule has 0 atom stereocenters. The minimum atomic E-state index is -0.455. The van der Waals surface area contributed by atoms with Gasteiger partial charge in [0, 0.05) is 30.4 Å². The number of rotatable bonds is 6. The van der Waals surface area contributed by atoms with Crippen LogP contribution < -0.4 is 11.5 Å². The summed E-state index contributed by atoms with van der Waals surface area (Å²) in [6.45, 7) is 5.92. The van der Waals surface area contributed by atoms with Crippen LogP contribution in [0.3, 0.4) is 0 Å². The molecule has 1 amide bonds. The summed E-state index contributed by atoms with van der Waals surface area (Å²) >= 11 is 0. The number of benzene rings is 2. The predicted molar refractivity (Wildman–Crippen MR) is 90.2 cm³/mol. The lowest BCUT2D eigenvalue weighted by Gasteiger charge is -2.27. The van der Waals surface area contributed by atoms with E-state index in [4.69, 9.17) is 11.5 Å². The Labute approximate surface area is 131 Å². The SMILES string of the molecule is CC(C)N(Cc1ccccc1)Cc1ccc(C(N)=O)cc1N. The number of hydrogen-bond acceptors (Lipinski definition) is 3. The molecule has 22 heavy (non-hydrogen) atoms. The number of anilines is 1. The minimum absolute atomic E-state index is 0.385. The lowest BCUT2D eigenvalue weighted by molar-refractivity contribution is 0.100. The number of carbonyl (C=O) groups excluding carboxylic acids is 1. The maximum Gasteiger partial charge on any atom is 0.248 e. The molecule has 0 radical (unpaired) electrons. The summed E-state index contributed by atoms with van der Waals surface area (Å²) in [5.74, 6) is -0.455. The normalized spacial score (nSPS) is 11.1. The fourth-order valence-electron chi connectivity index (χ4n) is 2.35. The molecule has 0 bridgehead atoms. The van der Waals surface area contributed by atoms with E-state index in [9.17, 15) is 4.79 Å². The maximum absolute atomic E-state index is 11.2. The zero-order valence-electron chi connectivity index (χ0n) is 13.1. The summed E-state index contributed by atoms with van der Waals surface area (Å²) in [6.07, 6.45) is 0. The van der Waals surface area contributed by atoms with Crippen molar-refractivity contribution in [1.82, 2.24) is 4.90 Å². The second kappa shape index (κ2) is 7.09. The number of nitrogen functional groups attached to an aromatic ring is 1. The lowest BCUT2D eigenvalue weighted by Crippen LogP contribution is -2.30. The van der Waals surface area contributed by atoms with Crippen molar-refractivity contribution in [3.63, 3.8) is 0 Å². The zero-order chi connectivity index (χ0) is 16.1. The fourth-order valence-corrected chi connectivity index (χ4v) is 2.35. The summed E-state index contributed by atoms with van der Waals surface area (Å²) in [6, 6.07) is 16.0. The molecule has 2 rings (SSSR count). The van der Waals surface area contributed by atoms with Gasteiger partial charge in [-0.05, 0) is 37.1 Å². The largest absolute Gasteiger partial charge is 0.398 e. The summed E-state index contributed by atoms with van der Waals surface area (Å²) in [5, 5.41) is 0. The quantitative estimate of drug-likeness (QED) is 0.805. The Kier molecular flexibility index (Phi) is 5.17. The van der Waals surface area contributed by atoms with Crippen LogP contribution in [0.2, 0.25) is 0 Å². The van der Waals surface area contributed by atoms with Crippen LogP contribution >= 0.6 is 0 Å². The molecule has 4 N–H and O–H groups in total. The van der Waals surface area contributed by atoms with E-state index >= 15 is 0 Å². The van der Waals surface area contributed by atoms with Crippen molar-refractivity contribution in [2.24, 2.45) is 5.73 Å². The number of primary amides is 1. The Balaban J connectivity index is 2.16. The van der Waals surface area contributed by atoms with Gasteiger partial charge in [-0.15, -0.1) is 0 Å². The molecule has 0 aliphatic carbocycles. The first-order chi connectivity index (χ1) is 10.5. The average Bonchev–Trinajstić information content (AvgIpc) is 2.49. The van der Waals surface area contributed by atoms with Gasteiger partial charge in [0.1, 0.15) is 0 Å². The Morgan fingerprint density at radius 2 is 1.77 bits per heavy atom. The number of nitrogens with zero attached hydrogens (tertiary/aromatic N) is 1. The van der Waals surface area contributed by atoms with Gasteiger partial charge in [0.15, 0.2) is 0 Å². The van der Waals surface area contributed by atoms with E-state index in [1.54, 1.807) is 12.1 Å². The van der Waals surface area contributed by atoms with Crippen molar-refractivity contribution in [3.8, 4) is 0 Å². The molecular formula is C18H23N3O. The Bertz CT molecular complexity index is 638. The number of carbonyl (C=O) groups is 1. The number of amides is 1. The average molecular weight is 297 g/mol. The lowest BCUT2D eigenvalue weighted by atomic mass is 10.1. The molecule has 0 aliphatic heterocycles. The van der Waals surface area contributed by atoms with Crippen molar-refractivity contribution < 1.29 is 4.79 Å². The third kappa shape index (κ3) is 4.09. The highest BCUT2D eigenvalue weighted by Crippen LogP contribution is 2.19. The molecule has 0 aliphatic rings. The van der Waals surface area contributed by atoms with Gasteiger partial charge in [-0.1, -0.05) is 36.4 Å². The van der Waals surface area contributed by atoms with E-state index in [1.807, 2.05) is 24.3 Å². The summed E-state index contributed by atoms with van der Waals surface area (Å²) in [7, 11) is 0. The Morgan fingerprint density at radius 1 is 1.09 bits per heavy atom. The highest BCUT2D eigenvalue weighted by Gasteiger charge is 2.13. The number of nitrogens with two attached hydrogens (primary N) is 2. The fraction of sp³-hybridized carbons (Fsp3) is 0.278. The van der Waals surface area contributed by atoms with Crippen LogP contribution in [-0.4, -0.2) is 16.8 Å². The summed E-state index contributed by atoms with van der Waals surface area (Å²) in [5.41, 5.74) is 14.7. The predicted octanol–water partition coefficient (Wildman–Crippen LogP) is 2.78. The van der Waals surface area contributed by atoms with E-state index in [2.05, 4.69) is 30.9 Å². The van der Waals surface area contributed by atoms with Crippen LogP contribution in [0.5, 0.6) is 0 Å². The second-order valence-corrected chi connectivity index (χ2v) is 5.76. The first kappa shape index (κ1) is 16.0. The van der Waals surface area contributed by atoms with Gasteiger partial charge in [-0.3, -0.25) is 9.69 Å². The molecule has 4 nitrogen and oxygen atoms in total. The van der Waals surface area contributed by atoms with Crippen LogP contribution in [0.25, 0.3) is 0 Å². The van der Waals surface area contributed by atoms with Crippen molar-refractivity contribution >= 4 is 11.6 Å². The second-order valence-electron chi connectivity index (χ2n) is 5.76. The third-order valence-corrected chi connectivity index (χ3v) is 3.76. The van der Waals surface area contributed by atoms with E-state index in [1.165, 1.54) is 5.56 Å². The van der Waals surface area contributed by atoms with Gasteiger partial charge in [0.25, 0.3) is 0 Å². The van der Waals surface area contributed by atoms with Gasteiger partial charge in [0.2, 0.25) is 5.91 Å². The molecule has 2 aromatic rings. The number of hydrogen-bond donors (Lipinski definition) is 2. The maximum atomic E-state index is 11.2. The Hall–Kier alpha value is -2.33. The molecule has 0 saturated heterocycles. The first-order valence-electron chi connectivity index (χ1n) is 7.43. The van der Waals surface area contributed by atoms with Crippen LogP contribution in [0, 0.1) is 0 Å². The van der Waals surface area contributed by atoms with E-state index < -0.39 is 5.91 Å². The molecule has 116 valence electrons. The van der Waals surface area contributed by atoms with Crippen LogP contribution in [0.1, 0.15) is 35.3 Å². The molecule has 0 unspecified atom stereocenters. The molecule has 0 fully saturated rings. The standard InChI is InChI=1S/C18H23N3O/c1-13(2)21(11-14-6-4-3-5-7-14)12-16-9-8-15(18(20)22)10-17(16)19/h3-10,13H,11-12,19H2,1-2H3,(H2,20,22). The first-order valence-corrected chi connectivity index (χ1v) is 7.43. The van der Waals surface area contributed by atoms with E-state index in [-0.39, 0.29) is 0 Å². The smallest absolute Gasteiger partial charge is 0.248 e. The van der Waals surface area contributed by atoms with Crippen LogP contribution in [0.15, 0.2) is 48.5 Å². The summed E-state index contributed by atoms with van der Waals surface area (Å²) in [4.78, 5) is 13.5. The third-order valence-electron chi connectivity index (χ3n) is 3.76. The van der Waals surface area contributed by atoms with Crippen molar-refractivity contribution in [2.45, 2.75) is 33.0 Å². The van der Waals surface area contributed by atoms with Crippen LogP contribution in [0.4, 0.5) is 5.69 Å². The van der Waals surface area contributed by atoms with Crippen molar-refractivity contribution in [1.29, 1.82) is 0 Å². The van der Waals surface area contributed by atoms with E-state index in [0.717, 1.165) is 18.7 Å². The highest BCUT2D eigenvalue weighted by molar-refractivity contribution is 5.93. The topological polar surface area (TPSA) is 72.3 Å². The molecular weight excluding hydrogens is 274 g/mol. The van der Waals surface area contributed by atoms with E-state index in [0.29, 0.717) is 17.3 Å². The van der Waals surface area contributed by atoms with Gasteiger partial charge < -0.3 is 11.5 Å². The molecule has 4 heteroatoms. The highest BCUT2D eigenvalue weighted by atomic mass is 16.1. The molecule has 0 saturated carbocycles. The van der Waals surface area contributed by atoms with Crippen molar-refractivity contribution in [2.75, 3.05) is 5.73 Å². The van der Waals surface area contributed by atoms with Gasteiger partial charge in [-0.25, -0.2) is 0 Å². The molecule has 0 aromatic heterocycles. The molecule has 0 spiro atoms. The van der Waals surface area contributed by atoms with Gasteiger partial charge >= 0.3 is 0 Å². The minimum Gasteiger partial charge on any atom is -0.398 e. The van der Waals surface area contributed by atoms with Gasteiger partial charge in [0.05, 0.1) is 0 Å². The monoisotopic (exact) mass is 297 g/mol. The molecule has 2 aromatic carbocycles. The molecule has 0 heterocycles. The Morgan fingerprint density at radius 3 is 2.32 bits per heavy atom. The van der Waals surface area contributed by atoms with Gasteiger partial charge in [-0.2, -0.15) is 0 Å². The van der Waals surface area contributed by atoms with Crippen molar-refractivity contribution in [3.05, 3.63) is 65.2 Å².